The molecular weight excluding hydrogens is 328 g/mol. The van der Waals surface area contributed by atoms with E-state index in [2.05, 4.69) is 10.6 Å². The highest BCUT2D eigenvalue weighted by atomic mass is 16.4. The molecule has 0 aliphatic heterocycles. The first-order valence-corrected chi connectivity index (χ1v) is 7.42. The summed E-state index contributed by atoms with van der Waals surface area (Å²) in [4.78, 5) is 57.4. The normalized spacial score (nSPS) is 13.3. The van der Waals surface area contributed by atoms with E-state index in [1.807, 2.05) is 5.92 Å². The Labute approximate surface area is 145 Å². The molecule has 134 valence electrons. The van der Waals surface area contributed by atoms with E-state index in [-0.39, 0.29) is 19.4 Å². The summed E-state index contributed by atoms with van der Waals surface area (Å²) in [7, 11) is 0. The van der Waals surface area contributed by atoms with Gasteiger partial charge in [0, 0.05) is 19.4 Å². The molecule has 0 aliphatic carbocycles. The zero-order valence-corrected chi connectivity index (χ0v) is 14.0. The molecule has 2 amide bonds. The van der Waals surface area contributed by atoms with Crippen LogP contribution in [0, 0.1) is 36.5 Å². The number of hydrogen-bond donors (Lipinski definition) is 3. The number of aliphatic carboxylic acids is 1. The van der Waals surface area contributed by atoms with E-state index in [1.54, 1.807) is 5.92 Å². The second-order valence-corrected chi connectivity index (χ2v) is 5.46. The van der Waals surface area contributed by atoms with E-state index in [1.165, 1.54) is 13.8 Å². The number of carboxylic acids is 1. The zero-order valence-electron chi connectivity index (χ0n) is 14.0. The van der Waals surface area contributed by atoms with Crippen LogP contribution in [0.1, 0.15) is 26.7 Å². The maximum atomic E-state index is 12.2. The first-order chi connectivity index (χ1) is 11.6. The van der Waals surface area contributed by atoms with Crippen molar-refractivity contribution in [2.24, 2.45) is 11.8 Å². The number of carbonyl (C=O) groups excluding carboxylic acids is 4. The first-order valence-electron chi connectivity index (χ1n) is 7.42. The minimum absolute atomic E-state index is 0.227. The number of carbonyl (C=O) groups is 5. The van der Waals surface area contributed by atoms with Crippen molar-refractivity contribution in [3.8, 4) is 24.7 Å². The topological polar surface area (TPSA) is 130 Å². The Bertz CT molecular complexity index is 641. The third kappa shape index (κ3) is 8.33. The van der Waals surface area contributed by atoms with Crippen molar-refractivity contribution < 1.29 is 29.1 Å². The lowest BCUT2D eigenvalue weighted by molar-refractivity contribution is -0.143. The summed E-state index contributed by atoms with van der Waals surface area (Å²) < 4.78 is 0. The monoisotopic (exact) mass is 348 g/mol. The van der Waals surface area contributed by atoms with E-state index in [0.29, 0.717) is 0 Å². The van der Waals surface area contributed by atoms with Gasteiger partial charge in [-0.25, -0.2) is 0 Å². The standard InChI is InChI=1S/C17H20N2O6/c1-5-13(20)8-12(9-18-15(22)6-2)16(23)19-11(4)14(21)7-10(3)17(24)25/h1-2,10-12H,7-9H2,3-4H3,(H,18,22)(H,19,23)(H,24,25)/t10-,11+,12?/m1/s1. The summed E-state index contributed by atoms with van der Waals surface area (Å²) in [5.74, 6) is -1.91. The molecule has 0 fully saturated rings. The molecule has 1 unspecified atom stereocenters. The molecule has 25 heavy (non-hydrogen) atoms. The number of hydrogen-bond acceptors (Lipinski definition) is 5. The molecule has 0 radical (unpaired) electrons. The lowest BCUT2D eigenvalue weighted by Crippen LogP contribution is -2.45. The van der Waals surface area contributed by atoms with Crippen LogP contribution in [0.25, 0.3) is 0 Å². The second-order valence-electron chi connectivity index (χ2n) is 5.46. The molecule has 8 nitrogen and oxygen atoms in total. The van der Waals surface area contributed by atoms with Crippen LogP contribution in [0.3, 0.4) is 0 Å². The van der Waals surface area contributed by atoms with Crippen LogP contribution in [0.4, 0.5) is 0 Å². The van der Waals surface area contributed by atoms with Gasteiger partial charge in [-0.3, -0.25) is 24.0 Å². The molecule has 0 aromatic rings. The molecule has 0 saturated carbocycles. The van der Waals surface area contributed by atoms with Crippen LogP contribution in [0.5, 0.6) is 0 Å². The molecule has 0 heterocycles. The SMILES string of the molecule is C#CC(=O)CC(CNC(=O)C#C)C(=O)N[C@@H](C)C(=O)C[C@@H](C)C(=O)O. The fraction of sp³-hybridized carbons (Fsp3) is 0.471. The highest BCUT2D eigenvalue weighted by molar-refractivity contribution is 5.99. The Morgan fingerprint density at radius 3 is 2.12 bits per heavy atom. The number of terminal acetylenes is 2. The molecular formula is C17H20N2O6. The van der Waals surface area contributed by atoms with Gasteiger partial charge in [-0.2, -0.15) is 0 Å². The fourth-order valence-electron chi connectivity index (χ4n) is 1.78. The molecule has 3 N–H and O–H groups in total. The fourth-order valence-corrected chi connectivity index (χ4v) is 1.78. The number of carboxylic acid groups (broad SMARTS) is 1. The summed E-state index contributed by atoms with van der Waals surface area (Å²) in [5, 5.41) is 13.5. The average molecular weight is 348 g/mol. The molecule has 0 aromatic carbocycles. The van der Waals surface area contributed by atoms with Gasteiger partial charge in [0.15, 0.2) is 5.78 Å². The zero-order chi connectivity index (χ0) is 19.6. The average Bonchev–Trinajstić information content (AvgIpc) is 2.57. The molecule has 0 spiro atoms. The Hall–Kier alpha value is -3.13. The van der Waals surface area contributed by atoms with Crippen molar-refractivity contribution in [2.45, 2.75) is 32.7 Å². The van der Waals surface area contributed by atoms with E-state index in [4.69, 9.17) is 18.0 Å². The van der Waals surface area contributed by atoms with Crippen molar-refractivity contribution in [1.29, 1.82) is 0 Å². The Kier molecular flexibility index (Phi) is 9.28. The molecule has 0 aliphatic rings. The van der Waals surface area contributed by atoms with Crippen LogP contribution in [0.2, 0.25) is 0 Å². The maximum absolute atomic E-state index is 12.2. The summed E-state index contributed by atoms with van der Waals surface area (Å²) in [6.07, 6.45) is 9.29. The summed E-state index contributed by atoms with van der Waals surface area (Å²) in [6, 6.07) is -0.957. The van der Waals surface area contributed by atoms with Crippen LogP contribution in [-0.2, 0) is 24.0 Å². The molecule has 0 bridgehead atoms. The lowest BCUT2D eigenvalue weighted by atomic mass is 9.98. The van der Waals surface area contributed by atoms with Crippen molar-refractivity contribution >= 4 is 29.4 Å². The van der Waals surface area contributed by atoms with Crippen molar-refractivity contribution in [3.63, 3.8) is 0 Å². The Morgan fingerprint density at radius 2 is 1.64 bits per heavy atom. The second kappa shape index (κ2) is 10.6. The van der Waals surface area contributed by atoms with Gasteiger partial charge in [-0.1, -0.05) is 6.92 Å². The third-order valence-electron chi connectivity index (χ3n) is 3.37. The smallest absolute Gasteiger partial charge is 0.306 e. The van der Waals surface area contributed by atoms with Crippen LogP contribution >= 0.6 is 0 Å². The van der Waals surface area contributed by atoms with Gasteiger partial charge >= 0.3 is 5.97 Å². The lowest BCUT2D eigenvalue weighted by Gasteiger charge is -2.19. The van der Waals surface area contributed by atoms with Gasteiger partial charge < -0.3 is 15.7 Å². The number of rotatable bonds is 10. The predicted octanol–water partition coefficient (Wildman–Crippen LogP) is -0.871. The van der Waals surface area contributed by atoms with E-state index >= 15 is 0 Å². The van der Waals surface area contributed by atoms with Gasteiger partial charge in [-0.15, -0.1) is 12.8 Å². The number of Topliss-reactive ketones (excluding diaryl/α,β-unsaturated/α-hetero) is 2. The largest absolute Gasteiger partial charge is 0.481 e. The Balaban J connectivity index is 4.88. The van der Waals surface area contributed by atoms with Gasteiger partial charge in [0.2, 0.25) is 11.7 Å². The first kappa shape index (κ1) is 21.9. The number of nitrogens with one attached hydrogen (secondary N) is 2. The molecule has 8 heteroatoms. The maximum Gasteiger partial charge on any atom is 0.306 e. The Morgan fingerprint density at radius 1 is 1.04 bits per heavy atom. The van der Waals surface area contributed by atoms with Gasteiger partial charge in [-0.05, 0) is 18.8 Å². The number of ketones is 2. The molecule has 0 rings (SSSR count). The van der Waals surface area contributed by atoms with Crippen molar-refractivity contribution in [1.82, 2.24) is 10.6 Å². The molecule has 3 atom stereocenters. The van der Waals surface area contributed by atoms with Crippen LogP contribution < -0.4 is 10.6 Å². The third-order valence-corrected chi connectivity index (χ3v) is 3.37. The summed E-state index contributed by atoms with van der Waals surface area (Å²) >= 11 is 0. The molecule has 0 aromatic heterocycles. The highest BCUT2D eigenvalue weighted by Gasteiger charge is 2.26. The van der Waals surface area contributed by atoms with Gasteiger partial charge in [0.05, 0.1) is 17.9 Å². The van der Waals surface area contributed by atoms with Gasteiger partial charge in [0.25, 0.3) is 5.91 Å². The summed E-state index contributed by atoms with van der Waals surface area (Å²) in [5.41, 5.74) is 0. The summed E-state index contributed by atoms with van der Waals surface area (Å²) in [6.45, 7) is 2.54. The van der Waals surface area contributed by atoms with Gasteiger partial charge in [0.1, 0.15) is 0 Å². The van der Waals surface area contributed by atoms with E-state index in [9.17, 15) is 24.0 Å². The predicted molar refractivity (Wildman–Crippen MR) is 87.8 cm³/mol. The van der Waals surface area contributed by atoms with Crippen LogP contribution in [-0.4, -0.2) is 47.0 Å². The highest BCUT2D eigenvalue weighted by Crippen LogP contribution is 2.08. The van der Waals surface area contributed by atoms with E-state index < -0.39 is 47.2 Å². The number of amides is 2. The van der Waals surface area contributed by atoms with Crippen LogP contribution in [0.15, 0.2) is 0 Å². The van der Waals surface area contributed by atoms with E-state index in [0.717, 1.165) is 0 Å². The quantitative estimate of drug-likeness (QED) is 0.348. The van der Waals surface area contributed by atoms with Crippen molar-refractivity contribution in [2.75, 3.05) is 6.54 Å². The minimum Gasteiger partial charge on any atom is -0.481 e. The minimum atomic E-state index is -1.12. The van der Waals surface area contributed by atoms with Crippen molar-refractivity contribution in [3.05, 3.63) is 0 Å². The molecule has 0 saturated heterocycles.